The second kappa shape index (κ2) is 6.89. The van der Waals surface area contributed by atoms with Crippen molar-refractivity contribution in [1.82, 2.24) is 5.32 Å². The van der Waals surface area contributed by atoms with Crippen LogP contribution in [0.1, 0.15) is 17.7 Å². The third-order valence-electron chi connectivity index (χ3n) is 3.05. The Hall–Kier alpha value is -0.630. The maximum absolute atomic E-state index is 11.8. The molecular weight excluding hydrogens is 322 g/mol. The summed E-state index contributed by atoms with van der Waals surface area (Å²) in [5.74, 6) is 0.255. The Morgan fingerprint density at radius 1 is 1.50 bits per heavy atom. The van der Waals surface area contributed by atoms with Crippen LogP contribution < -0.4 is 5.32 Å². The van der Waals surface area contributed by atoms with Gasteiger partial charge in [0, 0.05) is 28.7 Å². The van der Waals surface area contributed by atoms with Crippen LogP contribution in [0.3, 0.4) is 0 Å². The van der Waals surface area contributed by atoms with Gasteiger partial charge in [-0.05, 0) is 30.9 Å². The fourth-order valence-electron chi connectivity index (χ4n) is 2.03. The lowest BCUT2D eigenvalue weighted by atomic mass is 10.0. The predicted octanol–water partition coefficient (Wildman–Crippen LogP) is 1.76. The van der Waals surface area contributed by atoms with Crippen LogP contribution >= 0.6 is 22.0 Å². The highest BCUT2D eigenvalue weighted by atomic mass is 35.7. The van der Waals surface area contributed by atoms with Gasteiger partial charge in [-0.3, -0.25) is 4.79 Å². The average molecular weight is 338 g/mol. The zero-order valence-corrected chi connectivity index (χ0v) is 13.2. The predicted molar refractivity (Wildman–Crippen MR) is 77.6 cm³/mol. The molecule has 1 aliphatic rings. The van der Waals surface area contributed by atoms with Crippen LogP contribution in [0, 0.1) is 5.92 Å². The first-order valence-corrected chi connectivity index (χ1v) is 9.45. The summed E-state index contributed by atoms with van der Waals surface area (Å²) in [6, 6.07) is 3.04. The van der Waals surface area contributed by atoms with Crippen molar-refractivity contribution in [2.24, 2.45) is 5.92 Å². The molecule has 0 aromatic carbocycles. The summed E-state index contributed by atoms with van der Waals surface area (Å²) in [6.45, 7) is 2.09. The van der Waals surface area contributed by atoms with Crippen molar-refractivity contribution in [1.29, 1.82) is 0 Å². The van der Waals surface area contributed by atoms with Crippen LogP contribution in [-0.4, -0.2) is 34.1 Å². The van der Waals surface area contributed by atoms with Crippen LogP contribution in [0.5, 0.6) is 0 Å². The molecule has 20 heavy (non-hydrogen) atoms. The molecular formula is C12H16ClNO4S2. The van der Waals surface area contributed by atoms with E-state index in [0.717, 1.165) is 30.8 Å². The third-order valence-corrected chi connectivity index (χ3v) is 6.23. The van der Waals surface area contributed by atoms with Gasteiger partial charge >= 0.3 is 0 Å². The molecule has 1 aromatic heterocycles. The molecule has 2 rings (SSSR count). The van der Waals surface area contributed by atoms with Crippen molar-refractivity contribution in [3.05, 3.63) is 17.0 Å². The topological polar surface area (TPSA) is 72.5 Å². The van der Waals surface area contributed by atoms with Gasteiger partial charge in [0.15, 0.2) is 0 Å². The number of rotatable bonds is 5. The molecule has 112 valence electrons. The van der Waals surface area contributed by atoms with Crippen molar-refractivity contribution in [2.75, 3.05) is 19.8 Å². The molecule has 1 N–H and O–H groups in total. The molecule has 1 atom stereocenters. The van der Waals surface area contributed by atoms with E-state index in [2.05, 4.69) is 5.32 Å². The molecule has 0 saturated carbocycles. The molecule has 5 nitrogen and oxygen atoms in total. The van der Waals surface area contributed by atoms with E-state index in [-0.39, 0.29) is 16.5 Å². The van der Waals surface area contributed by atoms with E-state index in [4.69, 9.17) is 15.4 Å². The number of hydrogen-bond donors (Lipinski definition) is 1. The van der Waals surface area contributed by atoms with Gasteiger partial charge in [0.2, 0.25) is 5.91 Å². The van der Waals surface area contributed by atoms with E-state index in [9.17, 15) is 13.2 Å². The number of hydrogen-bond acceptors (Lipinski definition) is 5. The zero-order valence-electron chi connectivity index (χ0n) is 10.8. The number of thiophene rings is 1. The number of halogens is 1. The first kappa shape index (κ1) is 15.8. The summed E-state index contributed by atoms with van der Waals surface area (Å²) >= 11 is 1.02. The lowest BCUT2D eigenvalue weighted by molar-refractivity contribution is -0.120. The summed E-state index contributed by atoms with van der Waals surface area (Å²) in [4.78, 5) is 12.5. The Bertz CT molecular complexity index is 564. The quantitative estimate of drug-likeness (QED) is 0.831. The van der Waals surface area contributed by atoms with Gasteiger partial charge in [-0.2, -0.15) is 0 Å². The van der Waals surface area contributed by atoms with Crippen molar-refractivity contribution in [3.8, 4) is 0 Å². The minimum absolute atomic E-state index is 0.0719. The number of nitrogens with one attached hydrogen (secondary N) is 1. The summed E-state index contributed by atoms with van der Waals surface area (Å²) in [5, 5.41) is 2.85. The largest absolute Gasteiger partial charge is 0.381 e. The molecule has 1 saturated heterocycles. The Morgan fingerprint density at radius 3 is 2.90 bits per heavy atom. The number of carbonyl (C=O) groups is 1. The maximum Gasteiger partial charge on any atom is 0.270 e. The molecule has 2 heterocycles. The molecule has 1 fully saturated rings. The Morgan fingerprint density at radius 2 is 2.30 bits per heavy atom. The third kappa shape index (κ3) is 4.73. The van der Waals surface area contributed by atoms with Crippen LogP contribution in [0.15, 0.2) is 16.3 Å². The lowest BCUT2D eigenvalue weighted by Crippen LogP contribution is -2.33. The zero-order chi connectivity index (χ0) is 14.6. The monoisotopic (exact) mass is 337 g/mol. The highest BCUT2D eigenvalue weighted by molar-refractivity contribution is 8.15. The molecule has 8 heteroatoms. The van der Waals surface area contributed by atoms with E-state index in [1.165, 1.54) is 6.07 Å². The van der Waals surface area contributed by atoms with Crippen molar-refractivity contribution < 1.29 is 17.9 Å². The average Bonchev–Trinajstić information content (AvgIpc) is 2.86. The van der Waals surface area contributed by atoms with Gasteiger partial charge in [0.1, 0.15) is 4.21 Å². The van der Waals surface area contributed by atoms with Crippen LogP contribution in [-0.2, 0) is 25.0 Å². The fraction of sp³-hybridized carbons (Fsp3) is 0.583. The molecule has 0 bridgehead atoms. The summed E-state index contributed by atoms with van der Waals surface area (Å²) < 4.78 is 27.7. The standard InChI is InChI=1S/C12H16ClNO4S2/c13-20(16,17)12-4-3-10(19-12)6-11(15)14-7-9-2-1-5-18-8-9/h3-4,9H,1-2,5-8H2,(H,14,15). The molecule has 1 amide bonds. The normalized spacial score (nSPS) is 19.8. The van der Waals surface area contributed by atoms with E-state index < -0.39 is 9.05 Å². The minimum atomic E-state index is -3.70. The Balaban J connectivity index is 1.80. The summed E-state index contributed by atoms with van der Waals surface area (Å²) in [6.07, 6.45) is 2.26. The minimum Gasteiger partial charge on any atom is -0.381 e. The smallest absolute Gasteiger partial charge is 0.270 e. The van der Waals surface area contributed by atoms with E-state index in [1.807, 2.05) is 0 Å². The van der Waals surface area contributed by atoms with Crippen LogP contribution in [0.25, 0.3) is 0 Å². The van der Waals surface area contributed by atoms with E-state index in [1.54, 1.807) is 6.07 Å². The van der Waals surface area contributed by atoms with E-state index in [0.29, 0.717) is 23.9 Å². The Kier molecular flexibility index (Phi) is 5.42. The van der Waals surface area contributed by atoms with Gasteiger partial charge in [-0.1, -0.05) is 0 Å². The lowest BCUT2D eigenvalue weighted by Gasteiger charge is -2.22. The van der Waals surface area contributed by atoms with Gasteiger partial charge in [-0.15, -0.1) is 11.3 Å². The first-order chi connectivity index (χ1) is 9.45. The van der Waals surface area contributed by atoms with Crippen LogP contribution in [0.2, 0.25) is 0 Å². The highest BCUT2D eigenvalue weighted by Gasteiger charge is 2.17. The highest BCUT2D eigenvalue weighted by Crippen LogP contribution is 2.25. The SMILES string of the molecule is O=C(Cc1ccc(S(=O)(=O)Cl)s1)NCC1CCCOC1. The molecule has 1 unspecified atom stereocenters. The van der Waals surface area contributed by atoms with Gasteiger partial charge in [-0.25, -0.2) is 8.42 Å². The van der Waals surface area contributed by atoms with Gasteiger partial charge in [0.25, 0.3) is 9.05 Å². The first-order valence-electron chi connectivity index (χ1n) is 6.33. The molecule has 1 aromatic rings. The summed E-state index contributed by atoms with van der Waals surface area (Å²) in [5.41, 5.74) is 0. The van der Waals surface area contributed by atoms with Crippen molar-refractivity contribution >= 4 is 37.0 Å². The second-order valence-corrected chi connectivity index (χ2v) is 8.68. The summed E-state index contributed by atoms with van der Waals surface area (Å²) in [7, 11) is 1.53. The van der Waals surface area contributed by atoms with Gasteiger partial charge in [0.05, 0.1) is 13.0 Å². The number of ether oxygens (including phenoxy) is 1. The molecule has 1 aliphatic heterocycles. The molecule has 0 radical (unpaired) electrons. The molecule has 0 aliphatic carbocycles. The second-order valence-electron chi connectivity index (χ2n) is 4.72. The van der Waals surface area contributed by atoms with Crippen molar-refractivity contribution in [2.45, 2.75) is 23.5 Å². The Labute approximate surface area is 126 Å². The van der Waals surface area contributed by atoms with Gasteiger partial charge < -0.3 is 10.1 Å². The maximum atomic E-state index is 11.8. The van der Waals surface area contributed by atoms with E-state index >= 15 is 0 Å². The number of carbonyl (C=O) groups excluding carboxylic acids is 1. The van der Waals surface area contributed by atoms with Crippen molar-refractivity contribution in [3.63, 3.8) is 0 Å². The number of amides is 1. The molecule has 0 spiro atoms. The van der Waals surface area contributed by atoms with Crippen LogP contribution in [0.4, 0.5) is 0 Å². The fourth-order valence-corrected chi connectivity index (χ4v) is 4.15.